The summed E-state index contributed by atoms with van der Waals surface area (Å²) in [6, 6.07) is 5.19. The first-order valence-electron chi connectivity index (χ1n) is 7.74. The van der Waals surface area contributed by atoms with Crippen LogP contribution in [-0.4, -0.2) is 31.0 Å². The molecule has 2 aromatic carbocycles. The van der Waals surface area contributed by atoms with Gasteiger partial charge in [0.05, 0.1) is 17.6 Å². The molecule has 2 rings (SSSR count). The van der Waals surface area contributed by atoms with E-state index in [1.54, 1.807) is 0 Å². The van der Waals surface area contributed by atoms with E-state index in [9.17, 15) is 28.1 Å². The van der Waals surface area contributed by atoms with Gasteiger partial charge in [0.2, 0.25) is 5.90 Å². The summed E-state index contributed by atoms with van der Waals surface area (Å²) < 4.78 is 49.9. The summed E-state index contributed by atoms with van der Waals surface area (Å²) in [5.74, 6) is -1.17. The van der Waals surface area contributed by atoms with E-state index >= 15 is 0 Å². The van der Waals surface area contributed by atoms with Crippen molar-refractivity contribution in [3.8, 4) is 11.5 Å². The van der Waals surface area contributed by atoms with Gasteiger partial charge in [-0.25, -0.2) is 4.79 Å². The first-order valence-corrected chi connectivity index (χ1v) is 8.12. The molecule has 0 atom stereocenters. The number of aliphatic imine (C=N–C) groups is 1. The van der Waals surface area contributed by atoms with Crippen LogP contribution < -0.4 is 10.1 Å². The van der Waals surface area contributed by atoms with E-state index in [-0.39, 0.29) is 16.3 Å². The number of hydrogen-bond donors (Lipinski definition) is 1. The van der Waals surface area contributed by atoms with E-state index in [0.717, 1.165) is 31.4 Å². The van der Waals surface area contributed by atoms with Crippen LogP contribution in [0.1, 0.15) is 11.1 Å². The Morgan fingerprint density at radius 2 is 1.93 bits per heavy atom. The number of alkyl halides is 3. The SMILES string of the molecule is CNC(=O)N=C(OC)c1cc(Oc2ccc(Cl)cc2C(F)(F)F)ccc1[N+](=O)[O-]. The lowest BCUT2D eigenvalue weighted by Crippen LogP contribution is -2.17. The number of carbonyl (C=O) groups excluding carboxylic acids is 1. The number of nitrogens with zero attached hydrogens (tertiary/aromatic N) is 2. The quantitative estimate of drug-likeness (QED) is 0.324. The fraction of sp³-hybridized carbons (Fsp3) is 0.176. The van der Waals surface area contributed by atoms with Gasteiger partial charge >= 0.3 is 12.2 Å². The normalized spacial score (nSPS) is 11.7. The van der Waals surface area contributed by atoms with Gasteiger partial charge in [0, 0.05) is 24.2 Å². The number of carbonyl (C=O) groups is 1. The molecule has 12 heteroatoms. The topological polar surface area (TPSA) is 103 Å². The molecule has 0 aliphatic rings. The van der Waals surface area contributed by atoms with Crippen LogP contribution in [0.15, 0.2) is 41.4 Å². The number of methoxy groups -OCH3 is 1. The fourth-order valence-electron chi connectivity index (χ4n) is 2.21. The molecule has 1 N–H and O–H groups in total. The third kappa shape index (κ3) is 5.35. The van der Waals surface area contributed by atoms with Gasteiger partial charge in [0.25, 0.3) is 5.69 Å². The Balaban J connectivity index is 2.56. The minimum atomic E-state index is -4.75. The molecule has 0 unspecified atom stereocenters. The number of nitrogens with one attached hydrogen (secondary N) is 1. The Kier molecular flexibility index (Phi) is 6.64. The summed E-state index contributed by atoms with van der Waals surface area (Å²) >= 11 is 5.63. The lowest BCUT2D eigenvalue weighted by Gasteiger charge is -2.15. The van der Waals surface area contributed by atoms with E-state index in [1.165, 1.54) is 13.1 Å². The van der Waals surface area contributed by atoms with Crippen molar-refractivity contribution in [1.82, 2.24) is 5.32 Å². The highest BCUT2D eigenvalue weighted by Crippen LogP contribution is 2.40. The van der Waals surface area contributed by atoms with E-state index in [2.05, 4.69) is 10.3 Å². The first kappa shape index (κ1) is 22.0. The van der Waals surface area contributed by atoms with Crippen LogP contribution in [0, 0.1) is 10.1 Å². The molecule has 0 bridgehead atoms. The molecular formula is C17H13ClF3N3O5. The van der Waals surface area contributed by atoms with Crippen LogP contribution in [0.2, 0.25) is 5.02 Å². The maximum absolute atomic E-state index is 13.2. The van der Waals surface area contributed by atoms with Crippen molar-refractivity contribution >= 4 is 29.2 Å². The summed E-state index contributed by atoms with van der Waals surface area (Å²) in [6.45, 7) is 0. The van der Waals surface area contributed by atoms with Crippen LogP contribution in [0.3, 0.4) is 0 Å². The molecule has 29 heavy (non-hydrogen) atoms. The summed E-state index contributed by atoms with van der Waals surface area (Å²) in [5.41, 5.74) is -1.88. The highest BCUT2D eigenvalue weighted by atomic mass is 35.5. The zero-order valence-electron chi connectivity index (χ0n) is 14.9. The largest absolute Gasteiger partial charge is 0.480 e. The number of hydrogen-bond acceptors (Lipinski definition) is 5. The molecule has 0 saturated heterocycles. The molecule has 8 nitrogen and oxygen atoms in total. The monoisotopic (exact) mass is 431 g/mol. The second kappa shape index (κ2) is 8.78. The Labute approximate surface area is 167 Å². The number of benzene rings is 2. The molecule has 154 valence electrons. The molecule has 2 amide bonds. The first-order chi connectivity index (χ1) is 13.6. The molecule has 0 heterocycles. The van der Waals surface area contributed by atoms with Crippen molar-refractivity contribution in [3.63, 3.8) is 0 Å². The lowest BCUT2D eigenvalue weighted by atomic mass is 10.1. The molecule has 0 radical (unpaired) electrons. The van der Waals surface area contributed by atoms with E-state index in [0.29, 0.717) is 6.07 Å². The molecule has 0 saturated carbocycles. The molecule has 2 aromatic rings. The summed E-state index contributed by atoms with van der Waals surface area (Å²) in [4.78, 5) is 25.5. The molecule has 0 fully saturated rings. The number of amides is 2. The van der Waals surface area contributed by atoms with Crippen LogP contribution in [0.25, 0.3) is 0 Å². The third-order valence-corrected chi connectivity index (χ3v) is 3.72. The van der Waals surface area contributed by atoms with Gasteiger partial charge in [-0.2, -0.15) is 18.2 Å². The maximum atomic E-state index is 13.2. The Bertz CT molecular complexity index is 979. The number of nitro benzene ring substituents is 1. The van der Waals surface area contributed by atoms with Gasteiger partial charge < -0.3 is 14.8 Å². The average Bonchev–Trinajstić information content (AvgIpc) is 2.66. The third-order valence-electron chi connectivity index (χ3n) is 3.48. The standard InChI is InChI=1S/C17H13ClF3N3O5/c1-22-16(25)23-15(28-2)11-8-10(4-5-13(11)24(26)27)29-14-6-3-9(18)7-12(14)17(19,20)21/h3-8H,1-2H3,(H,22,25). The highest BCUT2D eigenvalue weighted by molar-refractivity contribution is 6.30. The van der Waals surface area contributed by atoms with Crippen LogP contribution in [0.4, 0.5) is 23.7 Å². The summed E-state index contributed by atoms with van der Waals surface area (Å²) in [6.07, 6.45) is -4.75. The van der Waals surface area contributed by atoms with Crippen molar-refractivity contribution in [2.75, 3.05) is 14.2 Å². The van der Waals surface area contributed by atoms with Gasteiger partial charge in [0.15, 0.2) is 0 Å². The predicted octanol–water partition coefficient (Wildman–Crippen LogP) is 4.79. The number of urea groups is 1. The van der Waals surface area contributed by atoms with Gasteiger partial charge in [-0.15, -0.1) is 0 Å². The Morgan fingerprint density at radius 1 is 1.24 bits per heavy atom. The van der Waals surface area contributed by atoms with Crippen LogP contribution >= 0.6 is 11.6 Å². The van der Waals surface area contributed by atoms with Gasteiger partial charge in [0.1, 0.15) is 17.1 Å². The van der Waals surface area contributed by atoms with Crippen molar-refractivity contribution in [1.29, 1.82) is 0 Å². The minimum absolute atomic E-state index is 0.145. The lowest BCUT2D eigenvalue weighted by molar-refractivity contribution is -0.385. The van der Waals surface area contributed by atoms with Crippen molar-refractivity contribution in [3.05, 3.63) is 62.7 Å². The molecule has 0 spiro atoms. The van der Waals surface area contributed by atoms with E-state index in [4.69, 9.17) is 21.1 Å². The summed E-state index contributed by atoms with van der Waals surface area (Å²) in [5, 5.41) is 13.3. The van der Waals surface area contributed by atoms with Gasteiger partial charge in [-0.1, -0.05) is 11.6 Å². The summed E-state index contributed by atoms with van der Waals surface area (Å²) in [7, 11) is 2.41. The van der Waals surface area contributed by atoms with Crippen molar-refractivity contribution in [2.24, 2.45) is 4.99 Å². The van der Waals surface area contributed by atoms with E-state index < -0.39 is 40.0 Å². The van der Waals surface area contributed by atoms with Crippen LogP contribution in [0.5, 0.6) is 11.5 Å². The number of halogens is 4. The molecule has 0 aliphatic carbocycles. The molecule has 0 aliphatic heterocycles. The molecule has 0 aromatic heterocycles. The second-order valence-electron chi connectivity index (χ2n) is 5.35. The minimum Gasteiger partial charge on any atom is -0.480 e. The number of nitro groups is 1. The van der Waals surface area contributed by atoms with Crippen molar-refractivity contribution in [2.45, 2.75) is 6.18 Å². The highest BCUT2D eigenvalue weighted by Gasteiger charge is 2.35. The number of ether oxygens (including phenoxy) is 2. The zero-order chi connectivity index (χ0) is 21.8. The predicted molar refractivity (Wildman–Crippen MR) is 97.6 cm³/mol. The fourth-order valence-corrected chi connectivity index (χ4v) is 2.38. The Morgan fingerprint density at radius 3 is 2.48 bits per heavy atom. The van der Waals surface area contributed by atoms with E-state index in [1.807, 2.05) is 0 Å². The van der Waals surface area contributed by atoms with Crippen molar-refractivity contribution < 1.29 is 32.4 Å². The van der Waals surface area contributed by atoms with Gasteiger partial charge in [-0.3, -0.25) is 10.1 Å². The maximum Gasteiger partial charge on any atom is 0.420 e. The number of rotatable bonds is 4. The molecular weight excluding hydrogens is 419 g/mol. The average molecular weight is 432 g/mol. The smallest absolute Gasteiger partial charge is 0.420 e. The zero-order valence-corrected chi connectivity index (χ0v) is 15.7. The Hall–Kier alpha value is -3.34. The van der Waals surface area contributed by atoms with Gasteiger partial charge in [-0.05, 0) is 24.3 Å². The second-order valence-corrected chi connectivity index (χ2v) is 5.79. The van der Waals surface area contributed by atoms with Crippen LogP contribution in [-0.2, 0) is 10.9 Å².